The molecule has 0 saturated heterocycles. The fourth-order valence-electron chi connectivity index (χ4n) is 1.99. The number of nitrogens with one attached hydrogen (secondary N) is 1. The van der Waals surface area contributed by atoms with Crippen LogP contribution in [0, 0.1) is 6.92 Å². The van der Waals surface area contributed by atoms with E-state index >= 15 is 0 Å². The molecule has 1 heterocycles. The molecular formula is C14H19N3OS. The lowest BCUT2D eigenvalue weighted by Crippen LogP contribution is -2.17. The molecule has 0 aliphatic rings. The average molecular weight is 277 g/mol. The predicted molar refractivity (Wildman–Crippen MR) is 77.8 cm³/mol. The van der Waals surface area contributed by atoms with Gasteiger partial charge in [-0.15, -0.1) is 5.10 Å². The van der Waals surface area contributed by atoms with Crippen LogP contribution >= 0.6 is 11.5 Å². The van der Waals surface area contributed by atoms with Gasteiger partial charge in [-0.2, -0.15) is 0 Å². The number of aromatic nitrogens is 2. The molecular weight excluding hydrogens is 258 g/mol. The van der Waals surface area contributed by atoms with Crippen molar-refractivity contribution in [3.8, 4) is 5.75 Å². The van der Waals surface area contributed by atoms with E-state index in [1.54, 1.807) is 0 Å². The fourth-order valence-corrected chi connectivity index (χ4v) is 2.77. The minimum atomic E-state index is 0.107. The molecule has 0 fully saturated rings. The molecule has 2 rings (SSSR count). The van der Waals surface area contributed by atoms with E-state index in [-0.39, 0.29) is 12.1 Å². The van der Waals surface area contributed by atoms with Crippen LogP contribution in [0.5, 0.6) is 5.75 Å². The molecule has 102 valence electrons. The molecule has 2 aromatic rings. The zero-order valence-electron chi connectivity index (χ0n) is 11.7. The Balaban J connectivity index is 2.31. The van der Waals surface area contributed by atoms with Crippen LogP contribution < -0.4 is 10.1 Å². The largest absolute Gasteiger partial charge is 0.491 e. The molecule has 1 aromatic carbocycles. The number of nitrogens with zero attached hydrogens (tertiary/aromatic N) is 2. The third-order valence-electron chi connectivity index (χ3n) is 2.80. The highest BCUT2D eigenvalue weighted by molar-refractivity contribution is 7.05. The molecule has 0 amide bonds. The Morgan fingerprint density at radius 1 is 1.32 bits per heavy atom. The van der Waals surface area contributed by atoms with Crippen LogP contribution in [0.3, 0.4) is 0 Å². The second-order valence-electron chi connectivity index (χ2n) is 4.68. The first-order valence-corrected chi connectivity index (χ1v) is 7.12. The number of hydrogen-bond donors (Lipinski definition) is 1. The topological polar surface area (TPSA) is 47.0 Å². The van der Waals surface area contributed by atoms with Crippen LogP contribution in [0.15, 0.2) is 24.3 Å². The van der Waals surface area contributed by atoms with Gasteiger partial charge in [-0.3, -0.25) is 0 Å². The average Bonchev–Trinajstić information content (AvgIpc) is 2.77. The van der Waals surface area contributed by atoms with Crippen molar-refractivity contribution in [2.24, 2.45) is 0 Å². The Morgan fingerprint density at radius 2 is 2.11 bits per heavy atom. The summed E-state index contributed by atoms with van der Waals surface area (Å²) in [6.45, 7) is 6.04. The SMILES string of the molecule is CNC(c1cccc(OC(C)C)c1)c1snnc1C. The highest BCUT2D eigenvalue weighted by Crippen LogP contribution is 2.28. The van der Waals surface area contributed by atoms with Gasteiger partial charge in [0, 0.05) is 0 Å². The van der Waals surface area contributed by atoms with E-state index < -0.39 is 0 Å². The van der Waals surface area contributed by atoms with Gasteiger partial charge in [0.25, 0.3) is 0 Å². The normalized spacial score (nSPS) is 12.7. The predicted octanol–water partition coefficient (Wildman–Crippen LogP) is 2.94. The van der Waals surface area contributed by atoms with Crippen molar-refractivity contribution in [3.63, 3.8) is 0 Å². The summed E-state index contributed by atoms with van der Waals surface area (Å²) in [5.74, 6) is 0.892. The maximum atomic E-state index is 5.74. The molecule has 1 N–H and O–H groups in total. The van der Waals surface area contributed by atoms with E-state index in [1.807, 2.05) is 40.0 Å². The summed E-state index contributed by atoms with van der Waals surface area (Å²) in [6.07, 6.45) is 0.176. The first kappa shape index (κ1) is 14.0. The second-order valence-corrected chi connectivity index (χ2v) is 5.47. The zero-order valence-corrected chi connectivity index (χ0v) is 12.5. The van der Waals surface area contributed by atoms with E-state index in [0.29, 0.717) is 0 Å². The summed E-state index contributed by atoms with van der Waals surface area (Å²) in [4.78, 5) is 1.14. The molecule has 19 heavy (non-hydrogen) atoms. The van der Waals surface area contributed by atoms with Crippen LogP contribution in [0.25, 0.3) is 0 Å². The van der Waals surface area contributed by atoms with Crippen molar-refractivity contribution in [3.05, 3.63) is 40.4 Å². The molecule has 0 aliphatic carbocycles. The van der Waals surface area contributed by atoms with Gasteiger partial charge in [-0.25, -0.2) is 0 Å². The highest BCUT2D eigenvalue weighted by Gasteiger charge is 2.18. The lowest BCUT2D eigenvalue weighted by Gasteiger charge is -2.17. The lowest BCUT2D eigenvalue weighted by atomic mass is 10.0. The van der Waals surface area contributed by atoms with Gasteiger partial charge >= 0.3 is 0 Å². The Morgan fingerprint density at radius 3 is 2.68 bits per heavy atom. The number of hydrogen-bond acceptors (Lipinski definition) is 5. The summed E-state index contributed by atoms with van der Waals surface area (Å²) in [7, 11) is 1.94. The third-order valence-corrected chi connectivity index (χ3v) is 3.69. The van der Waals surface area contributed by atoms with Gasteiger partial charge in [-0.1, -0.05) is 16.6 Å². The number of benzene rings is 1. The van der Waals surface area contributed by atoms with Crippen molar-refractivity contribution < 1.29 is 4.74 Å². The van der Waals surface area contributed by atoms with E-state index in [2.05, 4.69) is 27.0 Å². The standard InChI is InChI=1S/C14H19N3OS/c1-9(2)18-12-7-5-6-11(8-12)13(15-4)14-10(3)16-17-19-14/h5-9,13,15H,1-4H3. The summed E-state index contributed by atoms with van der Waals surface area (Å²) in [6, 6.07) is 8.26. The monoisotopic (exact) mass is 277 g/mol. The van der Waals surface area contributed by atoms with Crippen LogP contribution in [-0.2, 0) is 0 Å². The fraction of sp³-hybridized carbons (Fsp3) is 0.429. The first-order chi connectivity index (χ1) is 9.11. The van der Waals surface area contributed by atoms with Crippen molar-refractivity contribution >= 4 is 11.5 Å². The minimum Gasteiger partial charge on any atom is -0.491 e. The zero-order chi connectivity index (χ0) is 13.8. The maximum absolute atomic E-state index is 5.74. The smallest absolute Gasteiger partial charge is 0.120 e. The lowest BCUT2D eigenvalue weighted by molar-refractivity contribution is 0.242. The van der Waals surface area contributed by atoms with Crippen LogP contribution in [-0.4, -0.2) is 22.7 Å². The van der Waals surface area contributed by atoms with Gasteiger partial charge in [-0.05, 0) is 57.0 Å². The molecule has 1 atom stereocenters. The van der Waals surface area contributed by atoms with Gasteiger partial charge in [0.2, 0.25) is 0 Å². The van der Waals surface area contributed by atoms with Gasteiger partial charge in [0.05, 0.1) is 22.7 Å². The van der Waals surface area contributed by atoms with Crippen molar-refractivity contribution in [1.82, 2.24) is 14.9 Å². The second kappa shape index (κ2) is 6.12. The van der Waals surface area contributed by atoms with Gasteiger partial charge < -0.3 is 10.1 Å². The van der Waals surface area contributed by atoms with E-state index in [4.69, 9.17) is 4.74 Å². The molecule has 1 aromatic heterocycles. The van der Waals surface area contributed by atoms with Crippen molar-refractivity contribution in [1.29, 1.82) is 0 Å². The highest BCUT2D eigenvalue weighted by atomic mass is 32.1. The summed E-state index contributed by atoms with van der Waals surface area (Å²) < 4.78 is 9.75. The molecule has 1 unspecified atom stereocenters. The molecule has 0 spiro atoms. The number of ether oxygens (including phenoxy) is 1. The molecule has 0 bridgehead atoms. The van der Waals surface area contributed by atoms with Crippen LogP contribution in [0.4, 0.5) is 0 Å². The third kappa shape index (κ3) is 3.30. The van der Waals surface area contributed by atoms with E-state index in [1.165, 1.54) is 11.5 Å². The molecule has 0 radical (unpaired) electrons. The summed E-state index contributed by atoms with van der Waals surface area (Å²) >= 11 is 1.43. The van der Waals surface area contributed by atoms with Crippen molar-refractivity contribution in [2.75, 3.05) is 7.05 Å². The Labute approximate surface area is 118 Å². The Hall–Kier alpha value is -1.46. The summed E-state index contributed by atoms with van der Waals surface area (Å²) in [5.41, 5.74) is 2.13. The van der Waals surface area contributed by atoms with E-state index in [9.17, 15) is 0 Å². The Bertz CT molecular complexity index is 539. The minimum absolute atomic E-state index is 0.107. The Kier molecular flexibility index (Phi) is 4.50. The van der Waals surface area contributed by atoms with Crippen LogP contribution in [0.2, 0.25) is 0 Å². The number of aryl methyl sites for hydroxylation is 1. The molecule has 4 nitrogen and oxygen atoms in total. The molecule has 0 aliphatic heterocycles. The maximum Gasteiger partial charge on any atom is 0.120 e. The van der Waals surface area contributed by atoms with Crippen molar-refractivity contribution in [2.45, 2.75) is 32.9 Å². The number of rotatable bonds is 5. The molecule has 0 saturated carbocycles. The summed E-state index contributed by atoms with van der Waals surface area (Å²) in [5, 5.41) is 7.40. The molecule has 5 heteroatoms. The van der Waals surface area contributed by atoms with Gasteiger partial charge in [0.1, 0.15) is 5.75 Å². The van der Waals surface area contributed by atoms with Gasteiger partial charge in [0.15, 0.2) is 0 Å². The quantitative estimate of drug-likeness (QED) is 0.913. The van der Waals surface area contributed by atoms with E-state index in [0.717, 1.165) is 21.9 Å². The van der Waals surface area contributed by atoms with Crippen LogP contribution in [0.1, 0.15) is 36.0 Å². The first-order valence-electron chi connectivity index (χ1n) is 6.34.